The zero-order chi connectivity index (χ0) is 20.3. The van der Waals surface area contributed by atoms with Gasteiger partial charge < -0.3 is 24.1 Å². The van der Waals surface area contributed by atoms with Crippen molar-refractivity contribution in [3.05, 3.63) is 10.6 Å². The maximum Gasteiger partial charge on any atom is 0.375 e. The second-order valence-electron chi connectivity index (χ2n) is 5.47. The largest absolute Gasteiger partial charge is 0.475 e. The summed E-state index contributed by atoms with van der Waals surface area (Å²) in [5, 5.41) is 12.8. The maximum atomic E-state index is 11.5. The van der Waals surface area contributed by atoms with Gasteiger partial charge in [0.05, 0.1) is 0 Å². The highest BCUT2D eigenvalue weighted by Gasteiger charge is 2.51. The molecule has 1 aromatic heterocycles. The van der Waals surface area contributed by atoms with Crippen LogP contribution in [0, 0.1) is 0 Å². The summed E-state index contributed by atoms with van der Waals surface area (Å²) in [5.74, 6) is -3.89. The highest BCUT2D eigenvalue weighted by Crippen LogP contribution is 2.35. The molecule has 0 bridgehead atoms. The summed E-state index contributed by atoms with van der Waals surface area (Å²) in [7, 11) is 0. The average molecular weight is 450 g/mol. The molecule has 2 rings (SSSR count). The van der Waals surface area contributed by atoms with Crippen molar-refractivity contribution >= 4 is 39.8 Å². The number of carbonyl (C=O) groups is 4. The summed E-state index contributed by atoms with van der Waals surface area (Å²) < 4.78 is 22.0. The number of carboxylic acids is 1. The molecule has 1 aromatic rings. The summed E-state index contributed by atoms with van der Waals surface area (Å²) in [6, 6.07) is 0. The Hall–Kier alpha value is -2.54. The lowest BCUT2D eigenvalue weighted by atomic mass is 10.1. The van der Waals surface area contributed by atoms with Crippen LogP contribution in [0.4, 0.5) is 0 Å². The van der Waals surface area contributed by atoms with E-state index in [0.29, 0.717) is 0 Å². The number of aromatic carboxylic acids is 1. The Balaban J connectivity index is 2.40. The molecule has 1 N–H and O–H groups in total. The molecule has 0 aromatic carbocycles. The number of esters is 3. The Morgan fingerprint density at radius 3 is 2.19 bits per heavy atom. The van der Waals surface area contributed by atoms with Crippen LogP contribution in [0.1, 0.15) is 37.6 Å². The first kappa shape index (κ1) is 20.8. The van der Waals surface area contributed by atoms with E-state index in [2.05, 4.69) is 26.0 Å². The summed E-state index contributed by atoms with van der Waals surface area (Å²) in [6.07, 6.45) is -4.49. The quantitative estimate of drug-likeness (QED) is 0.462. The Labute approximate surface area is 160 Å². The fourth-order valence-electron chi connectivity index (χ4n) is 2.45. The molecule has 27 heavy (non-hydrogen) atoms. The van der Waals surface area contributed by atoms with E-state index >= 15 is 0 Å². The van der Waals surface area contributed by atoms with Crippen molar-refractivity contribution in [1.82, 2.24) is 14.8 Å². The molecule has 0 radical (unpaired) electrons. The third-order valence-electron chi connectivity index (χ3n) is 3.36. The molecule has 4 atom stereocenters. The van der Waals surface area contributed by atoms with E-state index in [1.54, 1.807) is 0 Å². The van der Waals surface area contributed by atoms with Crippen LogP contribution in [0.15, 0.2) is 4.73 Å². The molecule has 1 fully saturated rings. The fourth-order valence-corrected chi connectivity index (χ4v) is 2.90. The van der Waals surface area contributed by atoms with Crippen molar-refractivity contribution < 1.29 is 43.2 Å². The molecule has 0 amide bonds. The predicted octanol–water partition coefficient (Wildman–Crippen LogP) is 0.0627. The topological polar surface area (TPSA) is 156 Å². The number of nitrogens with zero attached hydrogens (tertiary/aromatic N) is 3. The maximum absolute atomic E-state index is 11.5. The fraction of sp³-hybridized carbons (Fsp3) is 0.571. The first-order valence-electron chi connectivity index (χ1n) is 7.58. The molecule has 148 valence electrons. The van der Waals surface area contributed by atoms with E-state index in [4.69, 9.17) is 24.1 Å². The summed E-state index contributed by atoms with van der Waals surface area (Å²) in [5.41, 5.74) is 0. The van der Waals surface area contributed by atoms with Crippen molar-refractivity contribution in [2.75, 3.05) is 6.61 Å². The predicted molar refractivity (Wildman–Crippen MR) is 86.3 cm³/mol. The van der Waals surface area contributed by atoms with Gasteiger partial charge >= 0.3 is 23.9 Å². The van der Waals surface area contributed by atoms with Gasteiger partial charge in [0.2, 0.25) is 0 Å². The van der Waals surface area contributed by atoms with E-state index in [0.717, 1.165) is 18.5 Å². The van der Waals surface area contributed by atoms with Gasteiger partial charge in [0.15, 0.2) is 23.2 Å². The average Bonchev–Trinajstić information content (AvgIpc) is 3.06. The van der Waals surface area contributed by atoms with E-state index in [1.165, 1.54) is 6.92 Å². The minimum absolute atomic E-state index is 0.0169. The van der Waals surface area contributed by atoms with Crippen LogP contribution in [-0.2, 0) is 33.3 Å². The SMILES string of the molecule is CC(=O)OC[C@H]1O[C@@H](n2nc(C(=O)O)nc2Br)[C@H](OC(C)=O)[C@@H]1OC(C)=O. The van der Waals surface area contributed by atoms with E-state index in [1.807, 2.05) is 0 Å². The van der Waals surface area contributed by atoms with Crippen LogP contribution in [0.3, 0.4) is 0 Å². The Kier molecular flexibility index (Phi) is 6.49. The molecule has 13 heteroatoms. The Morgan fingerprint density at radius 1 is 1.11 bits per heavy atom. The number of aromatic nitrogens is 3. The van der Waals surface area contributed by atoms with Gasteiger partial charge in [-0.25, -0.2) is 9.48 Å². The van der Waals surface area contributed by atoms with Crippen LogP contribution in [0.25, 0.3) is 0 Å². The van der Waals surface area contributed by atoms with Gasteiger partial charge in [0.25, 0.3) is 5.82 Å². The highest BCUT2D eigenvalue weighted by atomic mass is 79.9. The van der Waals surface area contributed by atoms with Gasteiger partial charge in [0.1, 0.15) is 12.7 Å². The van der Waals surface area contributed by atoms with Crippen molar-refractivity contribution in [3.63, 3.8) is 0 Å². The van der Waals surface area contributed by atoms with Gasteiger partial charge in [-0.05, 0) is 15.9 Å². The van der Waals surface area contributed by atoms with E-state index < -0.39 is 54.2 Å². The lowest BCUT2D eigenvalue weighted by Gasteiger charge is -2.23. The zero-order valence-corrected chi connectivity index (χ0v) is 16.0. The molecule has 0 saturated carbocycles. The molecule has 0 spiro atoms. The summed E-state index contributed by atoms with van der Waals surface area (Å²) >= 11 is 3.05. The lowest BCUT2D eigenvalue weighted by Crippen LogP contribution is -2.40. The van der Waals surface area contributed by atoms with Crippen molar-refractivity contribution in [1.29, 1.82) is 0 Å². The number of ether oxygens (including phenoxy) is 4. The zero-order valence-electron chi connectivity index (χ0n) is 14.4. The highest BCUT2D eigenvalue weighted by molar-refractivity contribution is 9.10. The second-order valence-corrected chi connectivity index (χ2v) is 6.18. The first-order chi connectivity index (χ1) is 12.6. The third-order valence-corrected chi connectivity index (χ3v) is 3.90. The number of carboxylic acid groups (broad SMARTS) is 1. The second kappa shape index (κ2) is 8.43. The molecule has 0 unspecified atom stereocenters. The van der Waals surface area contributed by atoms with Gasteiger partial charge in [-0.15, -0.1) is 5.10 Å². The molecule has 2 heterocycles. The van der Waals surface area contributed by atoms with E-state index in [-0.39, 0.29) is 11.3 Å². The number of carbonyl (C=O) groups excluding carboxylic acids is 3. The van der Waals surface area contributed by atoms with Crippen LogP contribution >= 0.6 is 15.9 Å². The van der Waals surface area contributed by atoms with E-state index in [9.17, 15) is 19.2 Å². The first-order valence-corrected chi connectivity index (χ1v) is 8.38. The van der Waals surface area contributed by atoms with Crippen LogP contribution in [-0.4, -0.2) is 68.7 Å². The van der Waals surface area contributed by atoms with Gasteiger partial charge in [0, 0.05) is 20.8 Å². The monoisotopic (exact) mass is 449 g/mol. The lowest BCUT2D eigenvalue weighted by molar-refractivity contribution is -0.166. The van der Waals surface area contributed by atoms with Crippen molar-refractivity contribution in [2.24, 2.45) is 0 Å². The van der Waals surface area contributed by atoms with Crippen molar-refractivity contribution in [2.45, 2.75) is 45.3 Å². The molecular formula is C14H16BrN3O9. The molecule has 1 aliphatic heterocycles. The molecule has 1 saturated heterocycles. The number of hydrogen-bond acceptors (Lipinski definition) is 10. The third kappa shape index (κ3) is 5.01. The molecule has 12 nitrogen and oxygen atoms in total. The van der Waals surface area contributed by atoms with Gasteiger partial charge in [-0.1, -0.05) is 0 Å². The van der Waals surface area contributed by atoms with Gasteiger partial charge in [-0.2, -0.15) is 4.98 Å². The number of hydrogen-bond donors (Lipinski definition) is 1. The normalized spacial score (nSPS) is 24.3. The number of halogens is 1. The van der Waals surface area contributed by atoms with Gasteiger partial charge in [-0.3, -0.25) is 14.4 Å². The minimum Gasteiger partial charge on any atom is -0.475 e. The molecular weight excluding hydrogens is 434 g/mol. The Morgan fingerprint density at radius 2 is 1.70 bits per heavy atom. The van der Waals surface area contributed by atoms with Crippen molar-refractivity contribution in [3.8, 4) is 0 Å². The van der Waals surface area contributed by atoms with Crippen LogP contribution in [0.2, 0.25) is 0 Å². The smallest absolute Gasteiger partial charge is 0.375 e. The summed E-state index contributed by atoms with van der Waals surface area (Å²) in [6.45, 7) is 3.18. The number of rotatable bonds is 6. The minimum atomic E-state index is -1.38. The summed E-state index contributed by atoms with van der Waals surface area (Å²) in [4.78, 5) is 48.9. The standard InChI is InChI=1S/C14H16BrN3O9/c1-5(19)24-4-8-9(25-6(2)20)10(26-7(3)21)12(27-8)18-14(15)16-11(17-18)13(22)23/h8-10,12H,4H2,1-3H3,(H,22,23)/t8-,9-,10-,12-/m1/s1. The molecule has 0 aliphatic carbocycles. The molecule has 1 aliphatic rings. The Bertz CT molecular complexity index is 765. The van der Waals surface area contributed by atoms with Crippen LogP contribution < -0.4 is 0 Å². The van der Waals surface area contributed by atoms with Crippen LogP contribution in [0.5, 0.6) is 0 Å².